The molecule has 0 aromatic heterocycles. The maximum atomic E-state index is 4.27. The first-order valence-corrected chi connectivity index (χ1v) is 6.68. The largest absolute Gasteiger partial charge is 0.0692 e. The molecule has 1 aliphatic rings. The molecule has 0 unspecified atom stereocenters. The summed E-state index contributed by atoms with van der Waals surface area (Å²) in [6.07, 6.45) is 4.40. The SMILES string of the molecule is [CH2][Si]1(C)CCCCC1. The Morgan fingerprint density at radius 2 is 1.62 bits per heavy atom. The molecule has 1 fully saturated rings. The van der Waals surface area contributed by atoms with E-state index in [0.29, 0.717) is 0 Å². The second-order valence-electron chi connectivity index (χ2n) is 3.37. The second-order valence-corrected chi connectivity index (χ2v) is 7.99. The number of hydrogen-bond donors (Lipinski definition) is 0. The maximum Gasteiger partial charge on any atom is 0.0502 e. The third-order valence-corrected chi connectivity index (χ3v) is 5.18. The molecule has 0 nitrogen and oxygen atoms in total. The van der Waals surface area contributed by atoms with E-state index in [9.17, 15) is 0 Å². The van der Waals surface area contributed by atoms with Crippen LogP contribution < -0.4 is 0 Å². The Hall–Kier alpha value is 0.217. The van der Waals surface area contributed by atoms with Gasteiger partial charge in [-0.05, 0) is 0 Å². The fourth-order valence-corrected chi connectivity index (χ4v) is 3.86. The molecule has 0 saturated carbocycles. The topological polar surface area (TPSA) is 0 Å². The van der Waals surface area contributed by atoms with E-state index < -0.39 is 8.07 Å². The van der Waals surface area contributed by atoms with E-state index in [1.807, 2.05) is 0 Å². The second kappa shape index (κ2) is 2.22. The van der Waals surface area contributed by atoms with Crippen molar-refractivity contribution in [2.45, 2.75) is 37.9 Å². The lowest BCUT2D eigenvalue weighted by atomic mass is 10.3. The summed E-state index contributed by atoms with van der Waals surface area (Å²) < 4.78 is 0. The van der Waals surface area contributed by atoms with Gasteiger partial charge in [-0.3, -0.25) is 0 Å². The van der Waals surface area contributed by atoms with E-state index in [1.54, 1.807) is 0 Å². The molecule has 8 heavy (non-hydrogen) atoms. The van der Waals surface area contributed by atoms with Gasteiger partial charge >= 0.3 is 0 Å². The predicted octanol–water partition coefficient (Wildman–Crippen LogP) is 2.62. The molecule has 47 valence electrons. The molecule has 0 atom stereocenters. The van der Waals surface area contributed by atoms with E-state index in [0.717, 1.165) is 0 Å². The van der Waals surface area contributed by atoms with Crippen LogP contribution in [0, 0.1) is 6.55 Å². The fourth-order valence-electron chi connectivity index (χ4n) is 1.41. The molecular weight excluding hydrogens is 112 g/mol. The van der Waals surface area contributed by atoms with Crippen LogP contribution in [0.4, 0.5) is 0 Å². The van der Waals surface area contributed by atoms with E-state index in [1.165, 1.54) is 31.4 Å². The number of hydrogen-bond acceptors (Lipinski definition) is 0. The molecule has 0 bridgehead atoms. The van der Waals surface area contributed by atoms with E-state index in [4.69, 9.17) is 0 Å². The van der Waals surface area contributed by atoms with Crippen LogP contribution in [0.5, 0.6) is 0 Å². The van der Waals surface area contributed by atoms with Gasteiger partial charge in [-0.25, -0.2) is 0 Å². The molecule has 0 amide bonds. The quantitative estimate of drug-likeness (QED) is 0.439. The molecule has 0 aliphatic carbocycles. The van der Waals surface area contributed by atoms with Crippen molar-refractivity contribution in [3.63, 3.8) is 0 Å². The summed E-state index contributed by atoms with van der Waals surface area (Å²) in [5.74, 6) is 0. The van der Waals surface area contributed by atoms with Crippen molar-refractivity contribution in [3.05, 3.63) is 6.55 Å². The van der Waals surface area contributed by atoms with Crippen LogP contribution in [0.15, 0.2) is 0 Å². The zero-order chi connectivity index (χ0) is 6.04. The highest BCUT2D eigenvalue weighted by Crippen LogP contribution is 2.26. The van der Waals surface area contributed by atoms with Crippen LogP contribution >= 0.6 is 0 Å². The van der Waals surface area contributed by atoms with Gasteiger partial charge in [0.15, 0.2) is 0 Å². The average molecular weight is 127 g/mol. The molecule has 1 saturated heterocycles. The molecule has 0 aromatic rings. The Balaban J connectivity index is 2.33. The molecule has 0 aromatic carbocycles. The minimum atomic E-state index is -0.840. The normalized spacial score (nSPS) is 27.8. The van der Waals surface area contributed by atoms with Gasteiger partial charge in [0.2, 0.25) is 0 Å². The zero-order valence-corrected chi connectivity index (χ0v) is 6.74. The lowest BCUT2D eigenvalue weighted by Gasteiger charge is -2.26. The maximum absolute atomic E-state index is 4.27. The summed E-state index contributed by atoms with van der Waals surface area (Å²) in [6, 6.07) is 2.96. The number of rotatable bonds is 0. The summed E-state index contributed by atoms with van der Waals surface area (Å²) in [5.41, 5.74) is 0. The van der Waals surface area contributed by atoms with Crippen LogP contribution in [0.25, 0.3) is 0 Å². The molecule has 1 radical (unpaired) electrons. The van der Waals surface area contributed by atoms with Crippen molar-refractivity contribution in [2.24, 2.45) is 0 Å². The molecule has 1 rings (SSSR count). The molecule has 1 heterocycles. The van der Waals surface area contributed by atoms with Gasteiger partial charge in [0, 0.05) is 0 Å². The van der Waals surface area contributed by atoms with Crippen LogP contribution in [0.2, 0.25) is 18.6 Å². The van der Waals surface area contributed by atoms with E-state index in [2.05, 4.69) is 13.1 Å². The highest BCUT2D eigenvalue weighted by Gasteiger charge is 2.22. The third-order valence-electron chi connectivity index (χ3n) is 2.06. The Morgan fingerprint density at radius 3 is 1.88 bits per heavy atom. The molecule has 0 N–H and O–H groups in total. The van der Waals surface area contributed by atoms with Crippen molar-refractivity contribution in [1.29, 1.82) is 0 Å². The standard InChI is InChI=1S/C7H15Si/c1-8(2)6-4-3-5-7-8/h1,3-7H2,2H3. The Labute approximate surface area is 53.3 Å². The van der Waals surface area contributed by atoms with Gasteiger partial charge in [-0.15, -0.1) is 0 Å². The first-order chi connectivity index (χ1) is 3.71. The minimum Gasteiger partial charge on any atom is -0.0692 e. The third kappa shape index (κ3) is 1.62. The highest BCUT2D eigenvalue weighted by atomic mass is 28.3. The van der Waals surface area contributed by atoms with Crippen LogP contribution in [-0.2, 0) is 0 Å². The van der Waals surface area contributed by atoms with E-state index in [-0.39, 0.29) is 0 Å². The average Bonchev–Trinajstić information content (AvgIpc) is 1.65. The molecular formula is C7H15Si. The van der Waals surface area contributed by atoms with Gasteiger partial charge in [0.05, 0.1) is 8.07 Å². The fraction of sp³-hybridized carbons (Fsp3) is 0.857. The summed E-state index contributed by atoms with van der Waals surface area (Å²) in [5, 5.41) is 0. The Bertz CT molecular complexity index is 68.5. The Morgan fingerprint density at radius 1 is 1.12 bits per heavy atom. The highest BCUT2D eigenvalue weighted by molar-refractivity contribution is 6.80. The molecule has 1 aliphatic heterocycles. The van der Waals surface area contributed by atoms with E-state index >= 15 is 0 Å². The van der Waals surface area contributed by atoms with Gasteiger partial charge in [0.25, 0.3) is 0 Å². The van der Waals surface area contributed by atoms with Crippen molar-refractivity contribution in [1.82, 2.24) is 0 Å². The van der Waals surface area contributed by atoms with Gasteiger partial charge in [0.1, 0.15) is 0 Å². The van der Waals surface area contributed by atoms with Crippen LogP contribution in [-0.4, -0.2) is 8.07 Å². The summed E-state index contributed by atoms with van der Waals surface area (Å²) in [6.45, 7) is 6.68. The first-order valence-electron chi connectivity index (χ1n) is 3.56. The lowest BCUT2D eigenvalue weighted by Crippen LogP contribution is -2.28. The summed E-state index contributed by atoms with van der Waals surface area (Å²) in [7, 11) is -0.840. The summed E-state index contributed by atoms with van der Waals surface area (Å²) >= 11 is 0. The van der Waals surface area contributed by atoms with Gasteiger partial charge < -0.3 is 0 Å². The van der Waals surface area contributed by atoms with Gasteiger partial charge in [-0.1, -0.05) is 44.4 Å². The van der Waals surface area contributed by atoms with Crippen molar-refractivity contribution >= 4 is 8.07 Å². The van der Waals surface area contributed by atoms with Crippen molar-refractivity contribution in [3.8, 4) is 0 Å². The van der Waals surface area contributed by atoms with Crippen LogP contribution in [0.3, 0.4) is 0 Å². The van der Waals surface area contributed by atoms with Crippen LogP contribution in [0.1, 0.15) is 19.3 Å². The lowest BCUT2D eigenvalue weighted by molar-refractivity contribution is 0.716. The monoisotopic (exact) mass is 127 g/mol. The van der Waals surface area contributed by atoms with Crippen molar-refractivity contribution < 1.29 is 0 Å². The Kier molecular flexibility index (Phi) is 1.76. The smallest absolute Gasteiger partial charge is 0.0502 e. The van der Waals surface area contributed by atoms with Crippen molar-refractivity contribution in [2.75, 3.05) is 0 Å². The predicted molar refractivity (Wildman–Crippen MR) is 40.4 cm³/mol. The zero-order valence-electron chi connectivity index (χ0n) is 5.74. The first kappa shape index (κ1) is 6.34. The summed E-state index contributed by atoms with van der Waals surface area (Å²) in [4.78, 5) is 0. The van der Waals surface area contributed by atoms with Gasteiger partial charge in [-0.2, -0.15) is 0 Å². The minimum absolute atomic E-state index is 0.840. The molecule has 1 heteroatoms. The molecule has 0 spiro atoms.